The van der Waals surface area contributed by atoms with Crippen LogP contribution in [0.15, 0.2) is 24.3 Å². The Balaban J connectivity index is 1.64. The second-order valence-electron chi connectivity index (χ2n) is 11.5. The lowest BCUT2D eigenvalue weighted by atomic mass is 9.77. The second-order valence-corrected chi connectivity index (χ2v) is 12.3. The number of hydrogen-bond acceptors (Lipinski definition) is 6. The summed E-state index contributed by atoms with van der Waals surface area (Å²) in [6.45, 7) is 16.9. The van der Waals surface area contributed by atoms with Crippen molar-refractivity contribution in [1.29, 1.82) is 0 Å². The van der Waals surface area contributed by atoms with Crippen LogP contribution in [-0.2, 0) is 28.0 Å². The lowest BCUT2D eigenvalue weighted by Gasteiger charge is -2.36. The van der Waals surface area contributed by atoms with Crippen LogP contribution in [0.3, 0.4) is 0 Å². The summed E-state index contributed by atoms with van der Waals surface area (Å²) in [6.07, 6.45) is 0.541. The molecule has 0 bridgehead atoms. The van der Waals surface area contributed by atoms with Gasteiger partial charge in [0.05, 0.1) is 34.5 Å². The molecule has 0 saturated carbocycles. The lowest BCUT2D eigenvalue weighted by Crippen LogP contribution is -2.44. The highest BCUT2D eigenvalue weighted by Gasteiger charge is 2.30. The van der Waals surface area contributed by atoms with E-state index in [1.165, 1.54) is 0 Å². The van der Waals surface area contributed by atoms with Gasteiger partial charge in [-0.3, -0.25) is 9.80 Å². The highest BCUT2D eigenvalue weighted by Crippen LogP contribution is 2.41. The number of rotatable bonds is 6. The van der Waals surface area contributed by atoms with E-state index in [9.17, 15) is 10.2 Å². The zero-order chi connectivity index (χ0) is 27.1. The van der Waals surface area contributed by atoms with Gasteiger partial charge in [-0.05, 0) is 63.1 Å². The molecule has 4 rings (SSSR count). The Morgan fingerprint density at radius 1 is 0.703 bits per heavy atom. The number of benzene rings is 2. The minimum Gasteiger partial charge on any atom is -0.506 e. The van der Waals surface area contributed by atoms with Crippen LogP contribution >= 0.6 is 23.2 Å². The molecule has 0 aliphatic carbocycles. The predicted molar refractivity (Wildman–Crippen MR) is 149 cm³/mol. The van der Waals surface area contributed by atoms with Gasteiger partial charge in [0, 0.05) is 55.8 Å². The van der Waals surface area contributed by atoms with Gasteiger partial charge in [-0.1, -0.05) is 37.0 Å². The highest BCUT2D eigenvalue weighted by atomic mass is 35.5. The van der Waals surface area contributed by atoms with Gasteiger partial charge in [0.25, 0.3) is 0 Å². The van der Waals surface area contributed by atoms with Crippen LogP contribution in [-0.4, -0.2) is 70.6 Å². The van der Waals surface area contributed by atoms with E-state index in [1.54, 1.807) is 0 Å². The molecule has 2 heterocycles. The van der Waals surface area contributed by atoms with Crippen molar-refractivity contribution in [3.05, 3.63) is 56.6 Å². The molecule has 2 aromatic rings. The molecule has 0 spiro atoms. The molecule has 0 unspecified atom stereocenters. The van der Waals surface area contributed by atoms with Crippen LogP contribution in [0.5, 0.6) is 11.5 Å². The van der Waals surface area contributed by atoms with Gasteiger partial charge >= 0.3 is 0 Å². The first-order chi connectivity index (χ1) is 17.3. The van der Waals surface area contributed by atoms with Crippen LogP contribution in [0.25, 0.3) is 0 Å². The molecule has 6 nitrogen and oxygen atoms in total. The summed E-state index contributed by atoms with van der Waals surface area (Å²) in [5.41, 5.74) is 3.05. The number of halogens is 2. The minimum absolute atomic E-state index is 0.119. The fourth-order valence-electron chi connectivity index (χ4n) is 5.75. The molecule has 4 atom stereocenters. The maximum Gasteiger partial charge on any atom is 0.138 e. The van der Waals surface area contributed by atoms with Crippen molar-refractivity contribution in [3.63, 3.8) is 0 Å². The molecule has 2 N–H and O–H groups in total. The Morgan fingerprint density at radius 3 is 1.35 bits per heavy atom. The Kier molecular flexibility index (Phi) is 8.69. The summed E-state index contributed by atoms with van der Waals surface area (Å²) in [5, 5.41) is 22.3. The maximum absolute atomic E-state index is 10.8. The largest absolute Gasteiger partial charge is 0.506 e. The van der Waals surface area contributed by atoms with E-state index in [4.69, 9.17) is 32.7 Å². The molecule has 2 fully saturated rings. The third-order valence-electron chi connectivity index (χ3n) is 7.51. The van der Waals surface area contributed by atoms with Crippen LogP contribution in [0.4, 0.5) is 0 Å². The van der Waals surface area contributed by atoms with Gasteiger partial charge < -0.3 is 19.7 Å². The normalized spacial score (nSPS) is 25.9. The van der Waals surface area contributed by atoms with E-state index in [1.807, 2.05) is 24.3 Å². The van der Waals surface area contributed by atoms with E-state index >= 15 is 0 Å². The number of morpholine rings is 2. The van der Waals surface area contributed by atoms with Gasteiger partial charge in [-0.15, -0.1) is 0 Å². The molecule has 2 aliphatic rings. The molecule has 37 heavy (non-hydrogen) atoms. The van der Waals surface area contributed by atoms with Crippen molar-refractivity contribution in [3.8, 4) is 11.5 Å². The molecule has 2 aliphatic heterocycles. The molecule has 0 aromatic heterocycles. The Labute approximate surface area is 231 Å². The first-order valence-corrected chi connectivity index (χ1v) is 13.9. The van der Waals surface area contributed by atoms with Crippen molar-refractivity contribution in [1.82, 2.24) is 9.80 Å². The number of phenolic OH excluding ortho intramolecular Hbond substituents is 2. The average molecular weight is 552 g/mol. The average Bonchev–Trinajstić information content (AvgIpc) is 2.78. The summed E-state index contributed by atoms with van der Waals surface area (Å²) < 4.78 is 11.7. The van der Waals surface area contributed by atoms with Gasteiger partial charge in [-0.25, -0.2) is 0 Å². The minimum atomic E-state index is -0.477. The first kappa shape index (κ1) is 28.5. The van der Waals surface area contributed by atoms with Crippen LogP contribution < -0.4 is 0 Å². The van der Waals surface area contributed by atoms with E-state index in [0.717, 1.165) is 48.4 Å². The fraction of sp³-hybridized carbons (Fsp3) is 0.586. The first-order valence-electron chi connectivity index (χ1n) is 13.1. The van der Waals surface area contributed by atoms with Gasteiger partial charge in [0.15, 0.2) is 0 Å². The fourth-order valence-corrected chi connectivity index (χ4v) is 6.23. The van der Waals surface area contributed by atoms with Crippen molar-refractivity contribution in [2.45, 2.75) is 84.5 Å². The lowest BCUT2D eigenvalue weighted by molar-refractivity contribution is -0.0708. The number of aromatic hydroxyl groups is 2. The maximum atomic E-state index is 10.8. The summed E-state index contributed by atoms with van der Waals surface area (Å²) in [5.74, 6) is 0.237. The Hall–Kier alpha value is -1.54. The van der Waals surface area contributed by atoms with E-state index in [0.29, 0.717) is 23.1 Å². The number of hydrogen-bond donors (Lipinski definition) is 2. The summed E-state index contributed by atoms with van der Waals surface area (Å²) >= 11 is 13.1. The van der Waals surface area contributed by atoms with Gasteiger partial charge in [0.1, 0.15) is 11.5 Å². The summed E-state index contributed by atoms with van der Waals surface area (Å²) in [6, 6.07) is 7.74. The van der Waals surface area contributed by atoms with Crippen molar-refractivity contribution in [2.24, 2.45) is 0 Å². The van der Waals surface area contributed by atoms with E-state index in [2.05, 4.69) is 51.3 Å². The van der Waals surface area contributed by atoms with E-state index < -0.39 is 5.41 Å². The van der Waals surface area contributed by atoms with Crippen LogP contribution in [0.2, 0.25) is 10.0 Å². The zero-order valence-corrected chi connectivity index (χ0v) is 24.2. The molecule has 2 aromatic carbocycles. The number of phenols is 2. The summed E-state index contributed by atoms with van der Waals surface area (Å²) in [7, 11) is 0. The SMILES string of the molecule is C[C@@H]1CN(Cc2cc(C(C)(C)c3cc(Cl)c(O)c(CN4C[C@H](C)O[C@@H](C)C4)c3)cc(Cl)c2O)C[C@H](C)O1. The van der Waals surface area contributed by atoms with Crippen LogP contribution in [0, 0.1) is 0 Å². The zero-order valence-electron chi connectivity index (χ0n) is 22.7. The second kappa shape index (κ2) is 11.3. The molecule has 204 valence electrons. The van der Waals surface area contributed by atoms with Gasteiger partial charge in [0.2, 0.25) is 0 Å². The third kappa shape index (κ3) is 6.55. The molecule has 0 amide bonds. The molecule has 2 saturated heterocycles. The van der Waals surface area contributed by atoms with Crippen LogP contribution in [0.1, 0.15) is 63.8 Å². The topological polar surface area (TPSA) is 65.4 Å². The van der Waals surface area contributed by atoms with E-state index in [-0.39, 0.29) is 35.9 Å². The molecule has 0 radical (unpaired) electrons. The Bertz CT molecular complexity index is 1020. The smallest absolute Gasteiger partial charge is 0.138 e. The quantitative estimate of drug-likeness (QED) is 0.463. The third-order valence-corrected chi connectivity index (χ3v) is 8.08. The molecule has 8 heteroatoms. The van der Waals surface area contributed by atoms with Crippen molar-refractivity contribution >= 4 is 23.2 Å². The highest BCUT2D eigenvalue weighted by molar-refractivity contribution is 6.32. The standard InChI is InChI=1S/C29H40Cl2N2O4/c1-17-11-32(12-18(2)36-17)15-21-7-23(9-25(30)27(21)34)29(5,6)24-8-22(28(35)26(31)10-24)16-33-13-19(3)37-20(4)14-33/h7-10,17-20,34-35H,11-16H2,1-6H3/t17-,18-,19-,20+/m0/s1. The Morgan fingerprint density at radius 2 is 1.03 bits per heavy atom. The number of nitrogens with zero attached hydrogens (tertiary/aromatic N) is 2. The van der Waals surface area contributed by atoms with Crippen molar-refractivity contribution < 1.29 is 19.7 Å². The van der Waals surface area contributed by atoms with Crippen molar-refractivity contribution in [2.75, 3.05) is 26.2 Å². The molecular weight excluding hydrogens is 511 g/mol. The number of ether oxygens (including phenoxy) is 2. The molecular formula is C29H40Cl2N2O4. The predicted octanol–water partition coefficient (Wildman–Crippen LogP) is 5.95. The van der Waals surface area contributed by atoms with Gasteiger partial charge in [-0.2, -0.15) is 0 Å². The summed E-state index contributed by atoms with van der Waals surface area (Å²) in [4.78, 5) is 4.59. The monoisotopic (exact) mass is 550 g/mol.